The highest BCUT2D eigenvalue weighted by Crippen LogP contribution is 2.27. The lowest BCUT2D eigenvalue weighted by Gasteiger charge is -2.33. The van der Waals surface area contributed by atoms with Gasteiger partial charge in [-0.25, -0.2) is 4.98 Å². The number of nitrogens with one attached hydrogen (secondary N) is 1. The van der Waals surface area contributed by atoms with Crippen LogP contribution < -0.4 is 4.90 Å². The zero-order valence-electron chi connectivity index (χ0n) is 13.3. The second-order valence-electron chi connectivity index (χ2n) is 5.77. The summed E-state index contributed by atoms with van der Waals surface area (Å²) in [4.78, 5) is 13.3. The fraction of sp³-hybridized carbons (Fsp3) is 0.533. The van der Waals surface area contributed by atoms with Crippen LogP contribution in [0.25, 0.3) is 0 Å². The van der Waals surface area contributed by atoms with Crippen molar-refractivity contribution in [2.24, 2.45) is 0 Å². The van der Waals surface area contributed by atoms with Crippen molar-refractivity contribution in [2.75, 3.05) is 38.7 Å². The van der Waals surface area contributed by atoms with Crippen LogP contribution in [0.1, 0.15) is 23.1 Å². The Morgan fingerprint density at radius 1 is 1.36 bits per heavy atom. The van der Waals surface area contributed by atoms with Gasteiger partial charge < -0.3 is 9.64 Å². The van der Waals surface area contributed by atoms with Crippen LogP contribution in [0.2, 0.25) is 0 Å². The van der Waals surface area contributed by atoms with Crippen molar-refractivity contribution in [3.63, 3.8) is 0 Å². The number of H-pyrrole nitrogens is 1. The van der Waals surface area contributed by atoms with Gasteiger partial charge in [0, 0.05) is 57.4 Å². The lowest BCUT2D eigenvalue weighted by atomic mass is 10.1. The third-order valence-electron chi connectivity index (χ3n) is 3.91. The number of aryl methyl sites for hydroxylation is 1. The van der Waals surface area contributed by atoms with Crippen LogP contribution in [0.5, 0.6) is 0 Å². The standard InChI is InChI=1S/C15H22N6O/c1-11-12(8-18-19-11)9-21-6-7-22-13(10-21)14-15(20(2)3)17-5-4-16-14/h4-5,8,13H,6-7,9-10H2,1-3H3,(H,18,19)/t13-/m0/s1. The fourth-order valence-electron chi connectivity index (χ4n) is 2.70. The zero-order valence-corrected chi connectivity index (χ0v) is 13.3. The Hall–Kier alpha value is -1.99. The van der Waals surface area contributed by atoms with Gasteiger partial charge in [0.05, 0.1) is 12.8 Å². The van der Waals surface area contributed by atoms with Gasteiger partial charge in [0.15, 0.2) is 5.82 Å². The minimum atomic E-state index is -0.0490. The van der Waals surface area contributed by atoms with Crippen LogP contribution in [0, 0.1) is 6.92 Å². The second kappa shape index (κ2) is 6.41. The van der Waals surface area contributed by atoms with E-state index in [1.54, 1.807) is 12.4 Å². The molecule has 0 radical (unpaired) electrons. The van der Waals surface area contributed by atoms with Crippen molar-refractivity contribution in [1.82, 2.24) is 25.1 Å². The number of ether oxygens (including phenoxy) is 1. The number of morpholine rings is 1. The molecular weight excluding hydrogens is 280 g/mol. The third kappa shape index (κ3) is 3.10. The first kappa shape index (κ1) is 14.9. The molecule has 1 saturated heterocycles. The molecule has 22 heavy (non-hydrogen) atoms. The van der Waals surface area contributed by atoms with E-state index >= 15 is 0 Å². The first-order valence-corrected chi connectivity index (χ1v) is 7.46. The maximum Gasteiger partial charge on any atom is 0.152 e. The topological polar surface area (TPSA) is 70.2 Å². The smallest absolute Gasteiger partial charge is 0.152 e. The molecule has 0 aromatic carbocycles. The Morgan fingerprint density at radius 3 is 2.91 bits per heavy atom. The molecule has 2 aromatic heterocycles. The summed E-state index contributed by atoms with van der Waals surface area (Å²) in [6.45, 7) is 5.35. The molecule has 7 nitrogen and oxygen atoms in total. The quantitative estimate of drug-likeness (QED) is 0.913. The van der Waals surface area contributed by atoms with E-state index < -0.39 is 0 Å². The number of hydrogen-bond donors (Lipinski definition) is 1. The normalized spacial score (nSPS) is 19.3. The van der Waals surface area contributed by atoms with Crippen molar-refractivity contribution >= 4 is 5.82 Å². The van der Waals surface area contributed by atoms with Gasteiger partial charge in [-0.05, 0) is 6.92 Å². The van der Waals surface area contributed by atoms with E-state index in [2.05, 4.69) is 25.1 Å². The van der Waals surface area contributed by atoms with Gasteiger partial charge in [-0.15, -0.1) is 0 Å². The molecule has 1 N–H and O–H groups in total. The lowest BCUT2D eigenvalue weighted by molar-refractivity contribution is -0.0349. The van der Waals surface area contributed by atoms with Gasteiger partial charge in [0.25, 0.3) is 0 Å². The Balaban J connectivity index is 1.75. The van der Waals surface area contributed by atoms with Gasteiger partial charge >= 0.3 is 0 Å². The molecular formula is C15H22N6O. The van der Waals surface area contributed by atoms with Gasteiger partial charge in [-0.2, -0.15) is 5.10 Å². The Bertz CT molecular complexity index is 626. The summed E-state index contributed by atoms with van der Waals surface area (Å²) in [6, 6.07) is 0. The highest BCUT2D eigenvalue weighted by atomic mass is 16.5. The molecule has 1 aliphatic rings. The van der Waals surface area contributed by atoms with Crippen molar-refractivity contribution < 1.29 is 4.74 Å². The minimum absolute atomic E-state index is 0.0490. The van der Waals surface area contributed by atoms with Crippen molar-refractivity contribution in [3.05, 3.63) is 35.5 Å². The number of aromatic amines is 1. The van der Waals surface area contributed by atoms with E-state index in [1.165, 1.54) is 5.56 Å². The number of rotatable bonds is 4. The van der Waals surface area contributed by atoms with Crippen LogP contribution in [0.3, 0.4) is 0 Å². The van der Waals surface area contributed by atoms with E-state index in [-0.39, 0.29) is 6.10 Å². The number of anilines is 1. The van der Waals surface area contributed by atoms with Gasteiger partial charge in [-0.3, -0.25) is 15.0 Å². The average molecular weight is 302 g/mol. The molecule has 118 valence electrons. The second-order valence-corrected chi connectivity index (χ2v) is 5.77. The SMILES string of the molecule is Cc1[nH]ncc1CN1CCO[C@H](c2nccnc2N(C)C)C1. The van der Waals surface area contributed by atoms with Crippen LogP contribution in [0.4, 0.5) is 5.82 Å². The summed E-state index contributed by atoms with van der Waals surface area (Å²) in [5.41, 5.74) is 3.25. The van der Waals surface area contributed by atoms with E-state index in [0.717, 1.165) is 36.8 Å². The summed E-state index contributed by atoms with van der Waals surface area (Å²) >= 11 is 0. The van der Waals surface area contributed by atoms with E-state index in [1.807, 2.05) is 32.1 Å². The molecule has 7 heteroatoms. The molecule has 1 aliphatic heterocycles. The summed E-state index contributed by atoms with van der Waals surface area (Å²) in [5.74, 6) is 0.869. The van der Waals surface area contributed by atoms with Crippen molar-refractivity contribution in [3.8, 4) is 0 Å². The van der Waals surface area contributed by atoms with Gasteiger partial charge in [-0.1, -0.05) is 0 Å². The first-order valence-electron chi connectivity index (χ1n) is 7.46. The zero-order chi connectivity index (χ0) is 15.5. The maximum absolute atomic E-state index is 5.94. The van der Waals surface area contributed by atoms with Crippen LogP contribution in [0.15, 0.2) is 18.6 Å². The number of nitrogens with zero attached hydrogens (tertiary/aromatic N) is 5. The minimum Gasteiger partial charge on any atom is -0.369 e. The maximum atomic E-state index is 5.94. The van der Waals surface area contributed by atoms with Crippen molar-refractivity contribution in [2.45, 2.75) is 19.6 Å². The molecule has 0 bridgehead atoms. The highest BCUT2D eigenvalue weighted by molar-refractivity contribution is 5.42. The molecule has 1 atom stereocenters. The Labute approximate surface area is 130 Å². The van der Waals surface area contributed by atoms with E-state index in [9.17, 15) is 0 Å². The average Bonchev–Trinajstić information content (AvgIpc) is 2.93. The molecule has 0 unspecified atom stereocenters. The lowest BCUT2D eigenvalue weighted by Crippen LogP contribution is -2.38. The molecule has 3 rings (SSSR count). The van der Waals surface area contributed by atoms with Crippen LogP contribution in [-0.2, 0) is 11.3 Å². The third-order valence-corrected chi connectivity index (χ3v) is 3.91. The summed E-state index contributed by atoms with van der Waals surface area (Å²) in [6.07, 6.45) is 5.29. The number of aromatic nitrogens is 4. The molecule has 0 amide bonds. The predicted octanol–water partition coefficient (Wildman–Crippen LogP) is 1.15. The Morgan fingerprint density at radius 2 is 2.18 bits per heavy atom. The van der Waals surface area contributed by atoms with Crippen LogP contribution >= 0.6 is 0 Å². The predicted molar refractivity (Wildman–Crippen MR) is 83.7 cm³/mol. The molecule has 0 spiro atoms. The molecule has 0 saturated carbocycles. The summed E-state index contributed by atoms with van der Waals surface area (Å²) in [7, 11) is 3.95. The molecule has 0 aliphatic carbocycles. The van der Waals surface area contributed by atoms with E-state index in [0.29, 0.717) is 6.61 Å². The molecule has 2 aromatic rings. The Kier molecular flexibility index (Phi) is 4.35. The highest BCUT2D eigenvalue weighted by Gasteiger charge is 2.26. The fourth-order valence-corrected chi connectivity index (χ4v) is 2.70. The first-order chi connectivity index (χ1) is 10.6. The largest absolute Gasteiger partial charge is 0.369 e. The summed E-state index contributed by atoms with van der Waals surface area (Å²) in [5, 5.41) is 7.08. The van der Waals surface area contributed by atoms with Crippen LogP contribution in [-0.4, -0.2) is 58.9 Å². The number of hydrogen-bond acceptors (Lipinski definition) is 6. The van der Waals surface area contributed by atoms with Gasteiger partial charge in [0.1, 0.15) is 11.8 Å². The van der Waals surface area contributed by atoms with Crippen molar-refractivity contribution in [1.29, 1.82) is 0 Å². The molecule has 3 heterocycles. The summed E-state index contributed by atoms with van der Waals surface area (Å²) < 4.78 is 5.94. The van der Waals surface area contributed by atoms with Gasteiger partial charge in [0.2, 0.25) is 0 Å². The monoisotopic (exact) mass is 302 g/mol. The molecule has 1 fully saturated rings. The van der Waals surface area contributed by atoms with E-state index in [4.69, 9.17) is 4.74 Å².